The lowest BCUT2D eigenvalue weighted by Gasteiger charge is -2.04. The Labute approximate surface area is 110 Å². The van der Waals surface area contributed by atoms with Gasteiger partial charge in [-0.15, -0.1) is 0 Å². The maximum atomic E-state index is 6.25. The summed E-state index contributed by atoms with van der Waals surface area (Å²) in [5.74, 6) is 0.702. The molecule has 0 bridgehead atoms. The lowest BCUT2D eigenvalue weighted by molar-refractivity contribution is 0.409. The SMILES string of the molecule is CCc1nn(C)c(CNCCc2ncon2)c1Cl. The van der Waals surface area contributed by atoms with Crippen molar-refractivity contribution < 1.29 is 4.52 Å². The van der Waals surface area contributed by atoms with Gasteiger partial charge in [0.05, 0.1) is 16.4 Å². The van der Waals surface area contributed by atoms with Crippen molar-refractivity contribution in [1.29, 1.82) is 0 Å². The van der Waals surface area contributed by atoms with Crippen molar-refractivity contribution in [2.24, 2.45) is 7.05 Å². The average Bonchev–Trinajstić information content (AvgIpc) is 2.96. The second kappa shape index (κ2) is 5.97. The van der Waals surface area contributed by atoms with Crippen LogP contribution in [-0.4, -0.2) is 26.5 Å². The summed E-state index contributed by atoms with van der Waals surface area (Å²) in [6.07, 6.45) is 2.91. The average molecular weight is 270 g/mol. The molecule has 2 aromatic heterocycles. The molecule has 0 fully saturated rings. The maximum Gasteiger partial charge on any atom is 0.213 e. The van der Waals surface area contributed by atoms with Gasteiger partial charge in [0.1, 0.15) is 0 Å². The van der Waals surface area contributed by atoms with Crippen LogP contribution >= 0.6 is 11.6 Å². The van der Waals surface area contributed by atoms with Crippen molar-refractivity contribution >= 4 is 11.6 Å². The molecule has 18 heavy (non-hydrogen) atoms. The van der Waals surface area contributed by atoms with Gasteiger partial charge in [-0.3, -0.25) is 4.68 Å². The van der Waals surface area contributed by atoms with E-state index in [4.69, 9.17) is 11.6 Å². The van der Waals surface area contributed by atoms with Crippen LogP contribution in [0.3, 0.4) is 0 Å². The van der Waals surface area contributed by atoms with Gasteiger partial charge in [-0.1, -0.05) is 23.7 Å². The lowest BCUT2D eigenvalue weighted by atomic mass is 10.3. The molecule has 2 rings (SSSR count). The standard InChI is InChI=1S/C11H16ClN5O/c1-3-8-11(12)9(17(2)15-8)6-13-5-4-10-14-7-18-16-10/h7,13H,3-6H2,1-2H3. The third-order valence-corrected chi connectivity index (χ3v) is 3.16. The predicted octanol–water partition coefficient (Wildman–Crippen LogP) is 1.35. The molecule has 6 nitrogen and oxygen atoms in total. The summed E-state index contributed by atoms with van der Waals surface area (Å²) in [6, 6.07) is 0. The minimum Gasteiger partial charge on any atom is -0.343 e. The van der Waals surface area contributed by atoms with Gasteiger partial charge in [-0.25, -0.2) is 0 Å². The molecule has 2 aromatic rings. The molecule has 0 radical (unpaired) electrons. The van der Waals surface area contributed by atoms with Crippen LogP contribution in [0.2, 0.25) is 5.02 Å². The Morgan fingerprint density at radius 2 is 2.33 bits per heavy atom. The molecule has 2 heterocycles. The molecular weight excluding hydrogens is 254 g/mol. The monoisotopic (exact) mass is 269 g/mol. The van der Waals surface area contributed by atoms with E-state index in [1.807, 2.05) is 18.7 Å². The molecule has 7 heteroatoms. The summed E-state index contributed by atoms with van der Waals surface area (Å²) in [5, 5.41) is 12.2. The van der Waals surface area contributed by atoms with E-state index >= 15 is 0 Å². The van der Waals surface area contributed by atoms with Crippen molar-refractivity contribution in [2.75, 3.05) is 6.54 Å². The molecule has 0 saturated carbocycles. The fourth-order valence-electron chi connectivity index (χ4n) is 1.72. The van der Waals surface area contributed by atoms with E-state index in [-0.39, 0.29) is 0 Å². The number of rotatable bonds is 6. The number of aromatic nitrogens is 4. The van der Waals surface area contributed by atoms with Gasteiger partial charge in [-0.05, 0) is 6.42 Å². The highest BCUT2D eigenvalue weighted by Gasteiger charge is 2.12. The van der Waals surface area contributed by atoms with Crippen LogP contribution in [0.5, 0.6) is 0 Å². The van der Waals surface area contributed by atoms with Gasteiger partial charge in [0, 0.05) is 26.6 Å². The zero-order chi connectivity index (χ0) is 13.0. The van der Waals surface area contributed by atoms with Crippen molar-refractivity contribution in [3.8, 4) is 0 Å². The van der Waals surface area contributed by atoms with Crippen LogP contribution in [0.25, 0.3) is 0 Å². The largest absolute Gasteiger partial charge is 0.343 e. The van der Waals surface area contributed by atoms with Crippen molar-refractivity contribution in [3.63, 3.8) is 0 Å². The fourth-order valence-corrected chi connectivity index (χ4v) is 2.08. The normalized spacial score (nSPS) is 11.1. The summed E-state index contributed by atoms with van der Waals surface area (Å²) in [7, 11) is 1.90. The Balaban J connectivity index is 1.85. The first-order chi connectivity index (χ1) is 8.72. The highest BCUT2D eigenvalue weighted by Crippen LogP contribution is 2.20. The number of hydrogen-bond acceptors (Lipinski definition) is 5. The highest BCUT2D eigenvalue weighted by molar-refractivity contribution is 6.31. The first-order valence-corrected chi connectivity index (χ1v) is 6.26. The Kier molecular flexibility index (Phi) is 4.33. The van der Waals surface area contributed by atoms with E-state index in [9.17, 15) is 0 Å². The van der Waals surface area contributed by atoms with E-state index in [0.717, 1.165) is 35.8 Å². The van der Waals surface area contributed by atoms with Crippen molar-refractivity contribution in [1.82, 2.24) is 25.2 Å². The van der Waals surface area contributed by atoms with E-state index < -0.39 is 0 Å². The lowest BCUT2D eigenvalue weighted by Crippen LogP contribution is -2.19. The van der Waals surface area contributed by atoms with Gasteiger partial charge >= 0.3 is 0 Å². The topological polar surface area (TPSA) is 68.8 Å². The summed E-state index contributed by atoms with van der Waals surface area (Å²) in [6.45, 7) is 3.49. The van der Waals surface area contributed by atoms with Crippen LogP contribution in [0.15, 0.2) is 10.9 Å². The molecule has 1 N–H and O–H groups in total. The Morgan fingerprint density at radius 3 is 2.94 bits per heavy atom. The number of aryl methyl sites for hydroxylation is 2. The van der Waals surface area contributed by atoms with Crippen molar-refractivity contribution in [3.05, 3.63) is 28.6 Å². The minimum absolute atomic E-state index is 0.681. The zero-order valence-corrected chi connectivity index (χ0v) is 11.2. The van der Waals surface area contributed by atoms with Crippen LogP contribution in [0.1, 0.15) is 24.1 Å². The summed E-state index contributed by atoms with van der Waals surface area (Å²) >= 11 is 6.25. The predicted molar refractivity (Wildman–Crippen MR) is 67.3 cm³/mol. The third kappa shape index (κ3) is 2.88. The molecule has 0 saturated heterocycles. The van der Waals surface area contributed by atoms with Gasteiger partial charge in [0.25, 0.3) is 0 Å². The fraction of sp³-hybridized carbons (Fsp3) is 0.545. The molecule has 0 aromatic carbocycles. The molecule has 98 valence electrons. The van der Waals surface area contributed by atoms with Gasteiger partial charge in [0.2, 0.25) is 6.39 Å². The second-order valence-electron chi connectivity index (χ2n) is 3.96. The minimum atomic E-state index is 0.681. The van der Waals surface area contributed by atoms with E-state index in [0.29, 0.717) is 12.4 Å². The van der Waals surface area contributed by atoms with Gasteiger partial charge in [-0.2, -0.15) is 10.1 Å². The van der Waals surface area contributed by atoms with Crippen LogP contribution in [-0.2, 0) is 26.4 Å². The Morgan fingerprint density at radius 1 is 1.50 bits per heavy atom. The Bertz CT molecular complexity index is 494. The Hall–Kier alpha value is -1.40. The molecule has 0 spiro atoms. The van der Waals surface area contributed by atoms with Crippen LogP contribution in [0, 0.1) is 0 Å². The summed E-state index contributed by atoms with van der Waals surface area (Å²) < 4.78 is 6.48. The number of hydrogen-bond donors (Lipinski definition) is 1. The van der Waals surface area contributed by atoms with E-state index in [2.05, 4.69) is 25.1 Å². The van der Waals surface area contributed by atoms with Crippen molar-refractivity contribution in [2.45, 2.75) is 26.3 Å². The van der Waals surface area contributed by atoms with Gasteiger partial charge in [0.15, 0.2) is 5.82 Å². The molecule has 0 unspecified atom stereocenters. The molecule has 0 aliphatic carbocycles. The molecule has 0 atom stereocenters. The van der Waals surface area contributed by atoms with Crippen LogP contribution in [0.4, 0.5) is 0 Å². The van der Waals surface area contributed by atoms with E-state index in [1.54, 1.807) is 0 Å². The number of nitrogens with one attached hydrogen (secondary N) is 1. The zero-order valence-electron chi connectivity index (χ0n) is 10.5. The molecule has 0 amide bonds. The van der Waals surface area contributed by atoms with Gasteiger partial charge < -0.3 is 9.84 Å². The maximum absolute atomic E-state index is 6.25. The molecule has 0 aliphatic rings. The quantitative estimate of drug-likeness (QED) is 0.802. The smallest absolute Gasteiger partial charge is 0.213 e. The summed E-state index contributed by atoms with van der Waals surface area (Å²) in [4.78, 5) is 3.95. The van der Waals surface area contributed by atoms with Crippen LogP contribution < -0.4 is 5.32 Å². The highest BCUT2D eigenvalue weighted by atomic mass is 35.5. The first-order valence-electron chi connectivity index (χ1n) is 5.88. The number of nitrogens with zero attached hydrogens (tertiary/aromatic N) is 4. The first kappa shape index (κ1) is 13.0. The molecular formula is C11H16ClN5O. The van der Waals surface area contributed by atoms with E-state index in [1.165, 1.54) is 6.39 Å². The molecule has 0 aliphatic heterocycles. The third-order valence-electron chi connectivity index (χ3n) is 2.73. The number of halogens is 1. The second-order valence-corrected chi connectivity index (χ2v) is 4.34. The summed E-state index contributed by atoms with van der Waals surface area (Å²) in [5.41, 5.74) is 1.94.